The Labute approximate surface area is 198 Å². The maximum Gasteiger partial charge on any atom is 0.255 e. The molecule has 0 bridgehead atoms. The second-order valence-electron chi connectivity index (χ2n) is 7.95. The van der Waals surface area contributed by atoms with Gasteiger partial charge < -0.3 is 15.1 Å². The van der Waals surface area contributed by atoms with Gasteiger partial charge in [-0.05, 0) is 43.4 Å². The summed E-state index contributed by atoms with van der Waals surface area (Å²) in [5.41, 5.74) is 1.84. The van der Waals surface area contributed by atoms with Gasteiger partial charge in [-0.3, -0.25) is 4.79 Å². The van der Waals surface area contributed by atoms with E-state index in [1.165, 1.54) is 10.4 Å². The molecule has 0 saturated carbocycles. The van der Waals surface area contributed by atoms with Crippen molar-refractivity contribution in [2.45, 2.75) is 4.90 Å². The zero-order chi connectivity index (χ0) is 22.7. The summed E-state index contributed by atoms with van der Waals surface area (Å²) in [6, 6.07) is 11.7. The normalized spacial score (nSPS) is 18.5. The van der Waals surface area contributed by atoms with Gasteiger partial charge in [0.1, 0.15) is 0 Å². The topological polar surface area (TPSA) is 73.0 Å². The molecule has 2 heterocycles. The summed E-state index contributed by atoms with van der Waals surface area (Å²) in [5, 5.41) is 3.47. The van der Waals surface area contributed by atoms with Crippen LogP contribution in [0.2, 0.25) is 5.02 Å². The number of carbonyl (C=O) groups is 1. The molecule has 0 aliphatic carbocycles. The number of benzene rings is 2. The van der Waals surface area contributed by atoms with Crippen molar-refractivity contribution >= 4 is 50.7 Å². The van der Waals surface area contributed by atoms with Crippen LogP contribution >= 0.6 is 23.4 Å². The number of hydrogen-bond donors (Lipinski definition) is 1. The fraction of sp³-hybridized carbons (Fsp3) is 0.409. The second kappa shape index (κ2) is 10.0. The minimum absolute atomic E-state index is 0.133. The summed E-state index contributed by atoms with van der Waals surface area (Å²) in [5.74, 6) is 1.69. The van der Waals surface area contributed by atoms with Gasteiger partial charge in [-0.25, -0.2) is 8.42 Å². The van der Waals surface area contributed by atoms with E-state index in [2.05, 4.69) is 15.1 Å². The highest BCUT2D eigenvalue weighted by molar-refractivity contribution is 7.99. The van der Waals surface area contributed by atoms with Crippen molar-refractivity contribution < 1.29 is 13.2 Å². The first-order chi connectivity index (χ1) is 15.3. The van der Waals surface area contributed by atoms with Crippen molar-refractivity contribution in [2.24, 2.45) is 0 Å². The highest BCUT2D eigenvalue weighted by Gasteiger charge is 2.28. The minimum Gasteiger partial charge on any atom is -0.368 e. The van der Waals surface area contributed by atoms with E-state index in [0.717, 1.165) is 30.3 Å². The standard InChI is InChI=1S/C22H27ClN4O3S2/c1-25-7-9-27(10-8-25)32(29,30)19-4-2-3-17(15-19)22(28)24-20-16-18(23)5-6-21(20)26-11-13-31-14-12-26/h2-6,15-16H,7-14H2,1H3,(H,24,28). The molecule has 1 N–H and O–H groups in total. The molecule has 172 valence electrons. The number of hydrogen-bond acceptors (Lipinski definition) is 6. The molecule has 2 aliphatic rings. The lowest BCUT2D eigenvalue weighted by molar-refractivity contribution is 0.102. The van der Waals surface area contributed by atoms with Crippen LogP contribution < -0.4 is 10.2 Å². The Kier molecular flexibility index (Phi) is 7.31. The van der Waals surface area contributed by atoms with Crippen LogP contribution in [0.4, 0.5) is 11.4 Å². The van der Waals surface area contributed by atoms with Crippen LogP contribution in [-0.2, 0) is 10.0 Å². The molecule has 4 rings (SSSR count). The van der Waals surface area contributed by atoms with E-state index >= 15 is 0 Å². The molecule has 0 atom stereocenters. The Balaban J connectivity index is 1.56. The van der Waals surface area contributed by atoms with Crippen molar-refractivity contribution in [3.63, 3.8) is 0 Å². The second-order valence-corrected chi connectivity index (χ2v) is 11.5. The van der Waals surface area contributed by atoms with Gasteiger partial charge >= 0.3 is 0 Å². The Bertz CT molecular complexity index is 1080. The number of sulfonamides is 1. The van der Waals surface area contributed by atoms with Gasteiger partial charge in [0.15, 0.2) is 0 Å². The molecule has 1 amide bonds. The number of carbonyl (C=O) groups excluding carboxylic acids is 1. The summed E-state index contributed by atoms with van der Waals surface area (Å²) in [6.07, 6.45) is 0. The SMILES string of the molecule is CN1CCN(S(=O)(=O)c2cccc(C(=O)Nc3cc(Cl)ccc3N3CCSCC3)c2)CC1. The lowest BCUT2D eigenvalue weighted by Gasteiger charge is -2.31. The molecule has 2 aromatic carbocycles. The summed E-state index contributed by atoms with van der Waals surface area (Å²) >= 11 is 8.11. The van der Waals surface area contributed by atoms with E-state index in [4.69, 9.17) is 11.6 Å². The van der Waals surface area contributed by atoms with Crippen molar-refractivity contribution in [1.82, 2.24) is 9.21 Å². The molecule has 0 aromatic heterocycles. The van der Waals surface area contributed by atoms with Crippen LogP contribution in [0.5, 0.6) is 0 Å². The van der Waals surface area contributed by atoms with Crippen LogP contribution in [0, 0.1) is 0 Å². The quantitative estimate of drug-likeness (QED) is 0.688. The number of anilines is 2. The summed E-state index contributed by atoms with van der Waals surface area (Å²) in [7, 11) is -1.68. The van der Waals surface area contributed by atoms with Crippen LogP contribution in [0.3, 0.4) is 0 Å². The molecular formula is C22H27ClN4O3S2. The number of rotatable bonds is 5. The van der Waals surface area contributed by atoms with Gasteiger partial charge in [0.2, 0.25) is 10.0 Å². The van der Waals surface area contributed by atoms with Crippen LogP contribution in [-0.4, -0.2) is 81.4 Å². The van der Waals surface area contributed by atoms with E-state index < -0.39 is 10.0 Å². The summed E-state index contributed by atoms with van der Waals surface area (Å²) < 4.78 is 27.6. The fourth-order valence-electron chi connectivity index (χ4n) is 3.86. The van der Waals surface area contributed by atoms with Gasteiger partial charge in [0.05, 0.1) is 16.3 Å². The van der Waals surface area contributed by atoms with Crippen molar-refractivity contribution in [3.05, 3.63) is 53.1 Å². The number of nitrogens with one attached hydrogen (secondary N) is 1. The lowest BCUT2D eigenvalue weighted by Crippen LogP contribution is -2.47. The molecule has 2 aliphatic heterocycles. The van der Waals surface area contributed by atoms with Crippen molar-refractivity contribution in [1.29, 1.82) is 0 Å². The highest BCUT2D eigenvalue weighted by Crippen LogP contribution is 2.31. The minimum atomic E-state index is -3.65. The van der Waals surface area contributed by atoms with Crippen LogP contribution in [0.15, 0.2) is 47.4 Å². The molecule has 2 fully saturated rings. The third kappa shape index (κ3) is 5.23. The smallest absolute Gasteiger partial charge is 0.255 e. The van der Waals surface area contributed by atoms with Gasteiger partial charge in [0, 0.05) is 61.4 Å². The van der Waals surface area contributed by atoms with Crippen LogP contribution in [0.25, 0.3) is 0 Å². The number of thioether (sulfide) groups is 1. The number of likely N-dealkylation sites (N-methyl/N-ethyl adjacent to an activating group) is 1. The molecule has 0 radical (unpaired) electrons. The zero-order valence-corrected chi connectivity index (χ0v) is 20.3. The van der Waals surface area contributed by atoms with E-state index in [1.54, 1.807) is 24.3 Å². The van der Waals surface area contributed by atoms with Gasteiger partial charge in [-0.1, -0.05) is 17.7 Å². The molecule has 0 unspecified atom stereocenters. The van der Waals surface area contributed by atoms with Gasteiger partial charge in [0.25, 0.3) is 5.91 Å². The first-order valence-electron chi connectivity index (χ1n) is 10.6. The average molecular weight is 495 g/mol. The summed E-state index contributed by atoms with van der Waals surface area (Å²) in [4.78, 5) is 17.5. The van der Waals surface area contributed by atoms with E-state index in [1.807, 2.05) is 30.9 Å². The lowest BCUT2D eigenvalue weighted by atomic mass is 10.2. The Morgan fingerprint density at radius 3 is 2.44 bits per heavy atom. The zero-order valence-electron chi connectivity index (χ0n) is 18.0. The largest absolute Gasteiger partial charge is 0.368 e. The Hall–Kier alpha value is -1.78. The number of nitrogens with zero attached hydrogens (tertiary/aromatic N) is 3. The molecule has 32 heavy (non-hydrogen) atoms. The molecule has 0 spiro atoms. The first-order valence-corrected chi connectivity index (χ1v) is 13.5. The van der Waals surface area contributed by atoms with E-state index in [9.17, 15) is 13.2 Å². The Morgan fingerprint density at radius 2 is 1.72 bits per heavy atom. The Morgan fingerprint density at radius 1 is 1.00 bits per heavy atom. The fourth-order valence-corrected chi connectivity index (χ4v) is 6.40. The number of halogens is 1. The maximum atomic E-state index is 13.1. The summed E-state index contributed by atoms with van der Waals surface area (Å²) in [6.45, 7) is 4.05. The highest BCUT2D eigenvalue weighted by atomic mass is 35.5. The average Bonchev–Trinajstić information content (AvgIpc) is 2.80. The van der Waals surface area contributed by atoms with E-state index in [-0.39, 0.29) is 10.8 Å². The molecule has 2 saturated heterocycles. The van der Waals surface area contributed by atoms with Crippen molar-refractivity contribution in [2.75, 3.05) is 68.0 Å². The molecule has 7 nitrogen and oxygen atoms in total. The molecule has 2 aromatic rings. The number of amides is 1. The van der Waals surface area contributed by atoms with E-state index in [0.29, 0.717) is 42.5 Å². The predicted octanol–water partition coefficient (Wildman–Crippen LogP) is 3.08. The third-order valence-corrected chi connectivity index (χ3v) is 8.83. The van der Waals surface area contributed by atoms with Crippen molar-refractivity contribution in [3.8, 4) is 0 Å². The molecular weight excluding hydrogens is 468 g/mol. The van der Waals surface area contributed by atoms with Gasteiger partial charge in [-0.15, -0.1) is 0 Å². The third-order valence-electron chi connectivity index (χ3n) is 5.75. The number of piperazine rings is 1. The monoisotopic (exact) mass is 494 g/mol. The molecule has 10 heteroatoms. The van der Waals surface area contributed by atoms with Crippen LogP contribution in [0.1, 0.15) is 10.4 Å². The maximum absolute atomic E-state index is 13.1. The van der Waals surface area contributed by atoms with Gasteiger partial charge in [-0.2, -0.15) is 16.1 Å². The predicted molar refractivity (Wildman–Crippen MR) is 132 cm³/mol. The first kappa shape index (κ1) is 23.4.